The molecule has 10 heteroatoms. The fraction of sp³-hybridized carbons (Fsp3) is 0.370. The van der Waals surface area contributed by atoms with Crippen molar-refractivity contribution >= 4 is 29.2 Å². The van der Waals surface area contributed by atoms with Crippen molar-refractivity contribution in [2.75, 3.05) is 26.1 Å². The van der Waals surface area contributed by atoms with Crippen LogP contribution in [-0.2, 0) is 31.9 Å². The Morgan fingerprint density at radius 3 is 2.70 bits per heavy atom. The molecular formula is C27H29ClN2O7. The minimum Gasteiger partial charge on any atom is -0.493 e. The molecule has 0 bridgehead atoms. The van der Waals surface area contributed by atoms with Crippen LogP contribution in [0.3, 0.4) is 0 Å². The molecule has 2 heterocycles. The number of oxazole rings is 1. The minimum atomic E-state index is -0.942. The second-order valence-electron chi connectivity index (χ2n) is 8.43. The smallest absolute Gasteiger partial charge is 0.306 e. The topological polar surface area (TPSA) is 109 Å². The van der Waals surface area contributed by atoms with Gasteiger partial charge in [0.15, 0.2) is 17.4 Å². The van der Waals surface area contributed by atoms with E-state index in [0.717, 1.165) is 0 Å². The number of halogens is 1. The number of para-hydroxylation sites is 1. The molecule has 0 saturated carbocycles. The van der Waals surface area contributed by atoms with Crippen molar-refractivity contribution in [1.29, 1.82) is 0 Å². The first-order valence-electron chi connectivity index (χ1n) is 11.9. The number of hydrogen-bond donors (Lipinski definition) is 1. The minimum absolute atomic E-state index is 0.0799. The van der Waals surface area contributed by atoms with Crippen molar-refractivity contribution in [2.45, 2.75) is 45.3 Å². The summed E-state index contributed by atoms with van der Waals surface area (Å²) in [6, 6.07) is 10.7. The molecule has 0 spiro atoms. The molecule has 37 heavy (non-hydrogen) atoms. The van der Waals surface area contributed by atoms with E-state index < -0.39 is 12.2 Å². The third kappa shape index (κ3) is 5.89. The number of carbonyl (C=O) groups excluding carboxylic acids is 2. The number of aromatic nitrogens is 1. The van der Waals surface area contributed by atoms with Gasteiger partial charge in [-0.2, -0.15) is 0 Å². The molecule has 2 aromatic carbocycles. The summed E-state index contributed by atoms with van der Waals surface area (Å²) in [5.74, 6) is 1.26. The zero-order chi connectivity index (χ0) is 26.5. The van der Waals surface area contributed by atoms with Gasteiger partial charge in [0.1, 0.15) is 18.0 Å². The lowest BCUT2D eigenvalue weighted by Crippen LogP contribution is -2.31. The monoisotopic (exact) mass is 528 g/mol. The molecule has 1 N–H and O–H groups in total. The van der Waals surface area contributed by atoms with Crippen molar-refractivity contribution < 1.29 is 33.0 Å². The fourth-order valence-electron chi connectivity index (χ4n) is 4.29. The molecule has 2 atom stereocenters. The van der Waals surface area contributed by atoms with Crippen molar-refractivity contribution in [3.05, 3.63) is 69.9 Å². The van der Waals surface area contributed by atoms with E-state index in [2.05, 4.69) is 10.3 Å². The van der Waals surface area contributed by atoms with Gasteiger partial charge < -0.3 is 28.7 Å². The standard InChI is InChI=1S/C27H29ClN2O7/c1-5-35-24(31)12-11-20-15(2)29-23(36-20)14-22-27(32)30-19-10-9-16(28)13-18(19)25(37-22)17-7-6-8-21(33-3)26(17)34-4/h6-10,13,22,25H,5,11-12,14H2,1-4H3,(H,30,32)/t22-,25-/m1/s1. The highest BCUT2D eigenvalue weighted by atomic mass is 35.5. The van der Waals surface area contributed by atoms with E-state index in [4.69, 9.17) is 35.0 Å². The zero-order valence-electron chi connectivity index (χ0n) is 21.1. The average Bonchev–Trinajstić information content (AvgIpc) is 3.17. The predicted molar refractivity (Wildman–Crippen MR) is 136 cm³/mol. The SMILES string of the molecule is CCOC(=O)CCc1oc(C[C@H]2O[C@H](c3cccc(OC)c3OC)c3cc(Cl)ccc3NC2=O)nc1C. The van der Waals surface area contributed by atoms with Gasteiger partial charge >= 0.3 is 5.97 Å². The number of nitrogens with zero attached hydrogens (tertiary/aromatic N) is 1. The highest BCUT2D eigenvalue weighted by molar-refractivity contribution is 6.30. The Balaban J connectivity index is 1.66. The van der Waals surface area contributed by atoms with Crippen LogP contribution in [0.4, 0.5) is 5.69 Å². The first kappa shape index (κ1) is 26.5. The maximum Gasteiger partial charge on any atom is 0.306 e. The molecule has 1 aliphatic rings. The largest absolute Gasteiger partial charge is 0.493 e. The molecule has 9 nitrogen and oxygen atoms in total. The van der Waals surface area contributed by atoms with Crippen molar-refractivity contribution in [2.24, 2.45) is 0 Å². The van der Waals surface area contributed by atoms with Gasteiger partial charge in [0.2, 0.25) is 0 Å². The molecule has 0 unspecified atom stereocenters. The van der Waals surface area contributed by atoms with Crippen LogP contribution in [0, 0.1) is 6.92 Å². The molecule has 4 rings (SSSR count). The molecule has 1 aliphatic heterocycles. The number of fused-ring (bicyclic) bond motifs is 1. The average molecular weight is 529 g/mol. The Bertz CT molecular complexity index is 1290. The van der Waals surface area contributed by atoms with E-state index in [1.165, 1.54) is 0 Å². The van der Waals surface area contributed by atoms with Crippen LogP contribution in [-0.4, -0.2) is 43.8 Å². The third-order valence-electron chi connectivity index (χ3n) is 6.02. The summed E-state index contributed by atoms with van der Waals surface area (Å²) in [5.41, 5.74) is 2.57. The van der Waals surface area contributed by atoms with Crippen LogP contribution in [0.1, 0.15) is 47.9 Å². The number of aryl methyl sites for hydroxylation is 2. The van der Waals surface area contributed by atoms with Gasteiger partial charge in [0, 0.05) is 28.3 Å². The van der Waals surface area contributed by atoms with Crippen LogP contribution in [0.15, 0.2) is 40.8 Å². The van der Waals surface area contributed by atoms with Crippen LogP contribution in [0.25, 0.3) is 0 Å². The quantitative estimate of drug-likeness (QED) is 0.394. The third-order valence-corrected chi connectivity index (χ3v) is 6.26. The van der Waals surface area contributed by atoms with Gasteiger partial charge in [-0.1, -0.05) is 23.7 Å². The van der Waals surface area contributed by atoms with Crippen molar-refractivity contribution in [1.82, 2.24) is 4.98 Å². The molecule has 0 fully saturated rings. The summed E-state index contributed by atoms with van der Waals surface area (Å²) in [7, 11) is 3.10. The van der Waals surface area contributed by atoms with Crippen molar-refractivity contribution in [3.63, 3.8) is 0 Å². The van der Waals surface area contributed by atoms with Gasteiger partial charge in [-0.3, -0.25) is 9.59 Å². The number of anilines is 1. The number of methoxy groups -OCH3 is 2. The Kier molecular flexibility index (Phi) is 8.35. The molecule has 0 radical (unpaired) electrons. The first-order valence-corrected chi connectivity index (χ1v) is 12.3. The Morgan fingerprint density at radius 1 is 1.16 bits per heavy atom. The molecule has 0 aliphatic carbocycles. The summed E-state index contributed by atoms with van der Waals surface area (Å²) >= 11 is 6.33. The molecule has 1 aromatic heterocycles. The van der Waals surface area contributed by atoms with Crippen LogP contribution in [0.2, 0.25) is 5.02 Å². The van der Waals surface area contributed by atoms with Crippen LogP contribution >= 0.6 is 11.6 Å². The van der Waals surface area contributed by atoms with E-state index in [1.54, 1.807) is 52.3 Å². The first-order chi connectivity index (χ1) is 17.8. The number of nitrogens with one attached hydrogen (secondary N) is 1. The maximum atomic E-state index is 13.2. The number of hydrogen-bond acceptors (Lipinski definition) is 8. The molecule has 196 valence electrons. The van der Waals surface area contributed by atoms with E-state index in [9.17, 15) is 9.59 Å². The number of ether oxygens (including phenoxy) is 4. The Morgan fingerprint density at radius 2 is 1.97 bits per heavy atom. The summed E-state index contributed by atoms with van der Waals surface area (Å²) < 4.78 is 28.5. The summed E-state index contributed by atoms with van der Waals surface area (Å²) in [6.45, 7) is 3.87. The van der Waals surface area contributed by atoms with E-state index in [0.29, 0.717) is 63.7 Å². The van der Waals surface area contributed by atoms with Crippen LogP contribution < -0.4 is 14.8 Å². The number of esters is 1. The van der Waals surface area contributed by atoms with Crippen molar-refractivity contribution in [3.8, 4) is 11.5 Å². The van der Waals surface area contributed by atoms with Gasteiger partial charge in [-0.05, 0) is 38.1 Å². The molecule has 1 amide bonds. The van der Waals surface area contributed by atoms with Crippen LogP contribution in [0.5, 0.6) is 11.5 Å². The summed E-state index contributed by atoms with van der Waals surface area (Å²) in [6.07, 6.45) is -1.04. The van der Waals surface area contributed by atoms with Gasteiger partial charge in [-0.25, -0.2) is 4.98 Å². The van der Waals surface area contributed by atoms with Gasteiger partial charge in [0.05, 0.1) is 39.4 Å². The Hall–Kier alpha value is -3.56. The second-order valence-corrected chi connectivity index (χ2v) is 8.87. The predicted octanol–water partition coefficient (Wildman–Crippen LogP) is 4.82. The lowest BCUT2D eigenvalue weighted by Gasteiger charge is -2.24. The van der Waals surface area contributed by atoms with E-state index in [-0.39, 0.29) is 24.7 Å². The summed E-state index contributed by atoms with van der Waals surface area (Å²) in [4.78, 5) is 29.5. The Labute approximate surface area is 220 Å². The maximum absolute atomic E-state index is 13.2. The van der Waals surface area contributed by atoms with Gasteiger partial charge in [-0.15, -0.1) is 0 Å². The number of benzene rings is 2. The molecule has 3 aromatic rings. The van der Waals surface area contributed by atoms with Gasteiger partial charge in [0.25, 0.3) is 5.91 Å². The molecule has 0 saturated heterocycles. The summed E-state index contributed by atoms with van der Waals surface area (Å²) in [5, 5.41) is 3.43. The zero-order valence-corrected chi connectivity index (χ0v) is 21.9. The highest BCUT2D eigenvalue weighted by Crippen LogP contribution is 2.43. The highest BCUT2D eigenvalue weighted by Gasteiger charge is 2.35. The second kappa shape index (κ2) is 11.7. The van der Waals surface area contributed by atoms with E-state index in [1.807, 2.05) is 12.1 Å². The number of amides is 1. The van der Waals surface area contributed by atoms with E-state index >= 15 is 0 Å². The molecular weight excluding hydrogens is 500 g/mol. The lowest BCUT2D eigenvalue weighted by atomic mass is 9.98. The lowest BCUT2D eigenvalue weighted by molar-refractivity contribution is -0.143. The number of rotatable bonds is 9. The number of carbonyl (C=O) groups is 2. The normalized spacial score (nSPS) is 16.9. The fourth-order valence-corrected chi connectivity index (χ4v) is 4.47.